The molecule has 8 heteroatoms. The van der Waals surface area contributed by atoms with Gasteiger partial charge in [0.05, 0.1) is 17.7 Å². The molecule has 1 amide bonds. The quantitative estimate of drug-likeness (QED) is 0.865. The standard InChI is InChI=1S/C19H18FN5O2/c1-11-10-27-18(22)25-19(11,2)14-7-13(4-5-15(14)20)24-17(26)16-6-3-12(8-21)9-23-16/h3-7,9,11H,10H2,1-2H3,(H2,22,25)(H,24,26)/t11-,19+/m1/s1. The molecule has 0 saturated heterocycles. The first-order chi connectivity index (χ1) is 12.8. The molecule has 1 aromatic carbocycles. The first kappa shape index (κ1) is 18.3. The fraction of sp³-hybridized carbons (Fsp3) is 0.263. The van der Waals surface area contributed by atoms with Crippen LogP contribution in [0, 0.1) is 23.1 Å². The summed E-state index contributed by atoms with van der Waals surface area (Å²) in [6.07, 6.45) is 1.31. The smallest absolute Gasteiger partial charge is 0.282 e. The molecule has 7 nitrogen and oxygen atoms in total. The van der Waals surface area contributed by atoms with Crippen LogP contribution in [0.1, 0.15) is 35.5 Å². The fourth-order valence-corrected chi connectivity index (χ4v) is 2.85. The van der Waals surface area contributed by atoms with Gasteiger partial charge in [-0.2, -0.15) is 5.26 Å². The van der Waals surface area contributed by atoms with Crippen LogP contribution in [0.5, 0.6) is 0 Å². The highest BCUT2D eigenvalue weighted by Crippen LogP contribution is 2.38. The number of pyridine rings is 1. The lowest BCUT2D eigenvalue weighted by Crippen LogP contribution is -2.41. The van der Waals surface area contributed by atoms with Crippen LogP contribution < -0.4 is 11.1 Å². The minimum atomic E-state index is -0.917. The van der Waals surface area contributed by atoms with Crippen LogP contribution >= 0.6 is 0 Å². The molecule has 0 unspecified atom stereocenters. The Morgan fingerprint density at radius 3 is 2.89 bits per heavy atom. The minimum absolute atomic E-state index is 0.00576. The van der Waals surface area contributed by atoms with Crippen molar-refractivity contribution in [2.24, 2.45) is 16.6 Å². The molecular weight excluding hydrogens is 349 g/mol. The number of nitrogens with zero attached hydrogens (tertiary/aromatic N) is 3. The Labute approximate surface area is 155 Å². The topological polar surface area (TPSA) is 113 Å². The molecule has 2 aromatic rings. The second-order valence-electron chi connectivity index (χ2n) is 6.50. The number of carbonyl (C=O) groups excluding carboxylic acids is 1. The number of anilines is 1. The molecule has 0 fully saturated rings. The van der Waals surface area contributed by atoms with E-state index < -0.39 is 17.3 Å². The molecule has 0 bridgehead atoms. The van der Waals surface area contributed by atoms with Crippen molar-refractivity contribution >= 4 is 17.6 Å². The summed E-state index contributed by atoms with van der Waals surface area (Å²) in [5, 5.41) is 11.5. The van der Waals surface area contributed by atoms with E-state index in [1.807, 2.05) is 13.0 Å². The van der Waals surface area contributed by atoms with E-state index in [1.165, 1.54) is 36.5 Å². The van der Waals surface area contributed by atoms with Gasteiger partial charge in [-0.25, -0.2) is 14.4 Å². The van der Waals surface area contributed by atoms with Crippen molar-refractivity contribution in [1.82, 2.24) is 4.98 Å². The SMILES string of the molecule is C[C@@H]1COC(N)=N[C@]1(C)c1cc(NC(=O)c2ccc(C#N)cn2)ccc1F. The van der Waals surface area contributed by atoms with Crippen LogP contribution in [0.2, 0.25) is 0 Å². The number of hydrogen-bond acceptors (Lipinski definition) is 6. The fourth-order valence-electron chi connectivity index (χ4n) is 2.85. The summed E-state index contributed by atoms with van der Waals surface area (Å²) in [6.45, 7) is 3.98. The van der Waals surface area contributed by atoms with Gasteiger partial charge in [0.2, 0.25) is 0 Å². The van der Waals surface area contributed by atoms with Gasteiger partial charge in [0.1, 0.15) is 17.6 Å². The molecule has 3 N–H and O–H groups in total. The first-order valence-corrected chi connectivity index (χ1v) is 8.29. The number of benzene rings is 1. The highest BCUT2D eigenvalue weighted by molar-refractivity contribution is 6.02. The Morgan fingerprint density at radius 1 is 1.44 bits per heavy atom. The zero-order valence-corrected chi connectivity index (χ0v) is 14.9. The largest absolute Gasteiger partial charge is 0.465 e. The normalized spacial score (nSPS) is 21.6. The van der Waals surface area contributed by atoms with E-state index in [9.17, 15) is 9.18 Å². The summed E-state index contributed by atoms with van der Waals surface area (Å²) in [5.74, 6) is -1.03. The zero-order valence-electron chi connectivity index (χ0n) is 14.9. The van der Waals surface area contributed by atoms with E-state index >= 15 is 0 Å². The Balaban J connectivity index is 1.90. The van der Waals surface area contributed by atoms with E-state index in [0.29, 0.717) is 23.4 Å². The second-order valence-corrected chi connectivity index (χ2v) is 6.50. The van der Waals surface area contributed by atoms with Crippen LogP contribution in [-0.2, 0) is 10.3 Å². The highest BCUT2D eigenvalue weighted by atomic mass is 19.1. The molecule has 0 aliphatic carbocycles. The molecule has 1 aliphatic rings. The van der Waals surface area contributed by atoms with Crippen molar-refractivity contribution in [3.8, 4) is 6.07 Å². The summed E-state index contributed by atoms with van der Waals surface area (Å²) in [6, 6.07) is 9.16. The van der Waals surface area contributed by atoms with Crippen LogP contribution in [0.4, 0.5) is 10.1 Å². The van der Waals surface area contributed by atoms with Crippen molar-refractivity contribution in [1.29, 1.82) is 5.26 Å². The van der Waals surface area contributed by atoms with Crippen molar-refractivity contribution in [2.45, 2.75) is 19.4 Å². The summed E-state index contributed by atoms with van der Waals surface area (Å²) >= 11 is 0. The molecule has 0 radical (unpaired) electrons. The maximum absolute atomic E-state index is 14.5. The van der Waals surface area contributed by atoms with Gasteiger partial charge in [-0.15, -0.1) is 0 Å². The summed E-state index contributed by atoms with van der Waals surface area (Å²) in [7, 11) is 0. The predicted molar refractivity (Wildman–Crippen MR) is 97.4 cm³/mol. The van der Waals surface area contributed by atoms with E-state index in [2.05, 4.69) is 15.3 Å². The lowest BCUT2D eigenvalue weighted by molar-refractivity contribution is 0.102. The van der Waals surface area contributed by atoms with Crippen molar-refractivity contribution in [3.63, 3.8) is 0 Å². The Hall–Kier alpha value is -3.47. The number of amides is 1. The van der Waals surface area contributed by atoms with Gasteiger partial charge in [-0.05, 0) is 37.3 Å². The summed E-state index contributed by atoms with van der Waals surface area (Å²) < 4.78 is 19.8. The van der Waals surface area contributed by atoms with E-state index in [4.69, 9.17) is 15.7 Å². The number of halogens is 1. The average molecular weight is 367 g/mol. The summed E-state index contributed by atoms with van der Waals surface area (Å²) in [4.78, 5) is 20.6. The second kappa shape index (κ2) is 7.03. The molecule has 27 heavy (non-hydrogen) atoms. The van der Waals surface area contributed by atoms with E-state index in [-0.39, 0.29) is 17.6 Å². The van der Waals surface area contributed by atoms with Gasteiger partial charge < -0.3 is 15.8 Å². The molecule has 138 valence electrons. The van der Waals surface area contributed by atoms with Gasteiger partial charge in [-0.1, -0.05) is 6.92 Å². The van der Waals surface area contributed by atoms with Crippen molar-refractivity contribution in [3.05, 3.63) is 59.2 Å². The molecule has 0 spiro atoms. The highest BCUT2D eigenvalue weighted by Gasteiger charge is 2.39. The van der Waals surface area contributed by atoms with Gasteiger partial charge in [0.15, 0.2) is 0 Å². The van der Waals surface area contributed by atoms with Crippen LogP contribution in [0.15, 0.2) is 41.5 Å². The maximum atomic E-state index is 14.5. The maximum Gasteiger partial charge on any atom is 0.282 e. The first-order valence-electron chi connectivity index (χ1n) is 8.29. The number of carbonyl (C=O) groups is 1. The monoisotopic (exact) mass is 367 g/mol. The van der Waals surface area contributed by atoms with Gasteiger partial charge in [0.25, 0.3) is 11.9 Å². The number of nitrogens with two attached hydrogens (primary N) is 1. The van der Waals surface area contributed by atoms with Crippen LogP contribution in [0.25, 0.3) is 0 Å². The molecular formula is C19H18FN5O2. The number of nitrogens with one attached hydrogen (secondary N) is 1. The third-order valence-corrected chi connectivity index (χ3v) is 4.68. The van der Waals surface area contributed by atoms with Crippen molar-refractivity contribution < 1.29 is 13.9 Å². The minimum Gasteiger partial charge on any atom is -0.465 e. The number of rotatable bonds is 3. The number of amidine groups is 1. The van der Waals surface area contributed by atoms with Crippen molar-refractivity contribution in [2.75, 3.05) is 11.9 Å². The molecule has 1 aliphatic heterocycles. The van der Waals surface area contributed by atoms with Gasteiger partial charge in [0, 0.05) is 23.4 Å². The molecule has 3 rings (SSSR count). The molecule has 0 saturated carbocycles. The molecule has 1 aromatic heterocycles. The van der Waals surface area contributed by atoms with Crippen LogP contribution in [-0.4, -0.2) is 23.5 Å². The van der Waals surface area contributed by atoms with Gasteiger partial charge >= 0.3 is 0 Å². The third-order valence-electron chi connectivity index (χ3n) is 4.68. The van der Waals surface area contributed by atoms with Gasteiger partial charge in [-0.3, -0.25) is 4.79 Å². The average Bonchev–Trinajstić information content (AvgIpc) is 2.66. The Morgan fingerprint density at radius 2 is 2.22 bits per heavy atom. The lowest BCUT2D eigenvalue weighted by atomic mass is 9.80. The molecule has 2 atom stereocenters. The number of aliphatic imine (C=N–C) groups is 1. The Bertz CT molecular complexity index is 952. The lowest BCUT2D eigenvalue weighted by Gasteiger charge is -2.36. The third kappa shape index (κ3) is 3.58. The number of hydrogen-bond donors (Lipinski definition) is 2. The predicted octanol–water partition coefficient (Wildman–Crippen LogP) is 2.54. The van der Waals surface area contributed by atoms with E-state index in [0.717, 1.165) is 0 Å². The number of nitriles is 1. The summed E-state index contributed by atoms with van der Waals surface area (Å²) in [5.41, 5.74) is 5.98. The Kier molecular flexibility index (Phi) is 4.77. The zero-order chi connectivity index (χ0) is 19.6. The van der Waals surface area contributed by atoms with Crippen LogP contribution in [0.3, 0.4) is 0 Å². The number of ether oxygens (including phenoxy) is 1. The number of aromatic nitrogens is 1. The molecule has 2 heterocycles. The van der Waals surface area contributed by atoms with E-state index in [1.54, 1.807) is 6.92 Å².